The van der Waals surface area contributed by atoms with Gasteiger partial charge in [-0.25, -0.2) is 0 Å². The van der Waals surface area contributed by atoms with E-state index in [0.29, 0.717) is 0 Å². The van der Waals surface area contributed by atoms with Gasteiger partial charge in [-0.1, -0.05) is 72.0 Å². The van der Waals surface area contributed by atoms with Gasteiger partial charge in [0.25, 0.3) is 0 Å². The smallest absolute Gasteiger partial charge is 0.126 e. The first-order chi connectivity index (χ1) is 8.50. The minimum absolute atomic E-state index is 0.109. The number of hydrogen-bond donors (Lipinski definition) is 0. The first-order valence-corrected chi connectivity index (χ1v) is 9.52. The topological polar surface area (TPSA) is 9.23 Å². The molecule has 0 fully saturated rings. The largest absolute Gasteiger partial charge is 0.496 e. The summed E-state index contributed by atoms with van der Waals surface area (Å²) in [5.74, 6) is 1.10. The Hall–Kier alpha value is -0.763. The van der Waals surface area contributed by atoms with Gasteiger partial charge >= 0.3 is 0 Å². The summed E-state index contributed by atoms with van der Waals surface area (Å²) in [5.41, 5.74) is 2.94. The fraction of sp³-hybridized carbons (Fsp3) is 0.647. The van der Waals surface area contributed by atoms with Gasteiger partial charge in [0.15, 0.2) is 0 Å². The molecule has 0 amide bonds. The Morgan fingerprint density at radius 3 is 1.74 bits per heavy atom. The molecule has 1 nitrogen and oxygen atoms in total. The second kappa shape index (κ2) is 5.32. The average molecular weight is 278 g/mol. The number of methoxy groups -OCH3 is 1. The van der Waals surface area contributed by atoms with E-state index in [9.17, 15) is 0 Å². The number of rotatable bonds is 2. The Kier molecular flexibility index (Phi) is 4.56. The molecule has 107 valence electrons. The molecule has 0 unspecified atom stereocenters. The molecule has 1 aromatic carbocycles. The van der Waals surface area contributed by atoms with Crippen LogP contribution in [0.4, 0.5) is 0 Å². The highest BCUT2D eigenvalue weighted by molar-refractivity contribution is 6.71. The highest BCUT2D eigenvalue weighted by Crippen LogP contribution is 2.38. The Labute approximate surface area is 121 Å². The predicted molar refractivity (Wildman–Crippen MR) is 87.5 cm³/mol. The van der Waals surface area contributed by atoms with E-state index in [0.717, 1.165) is 5.75 Å². The predicted octanol–water partition coefficient (Wildman–Crippen LogP) is 4.25. The lowest BCUT2D eigenvalue weighted by atomic mass is 9.79. The van der Waals surface area contributed by atoms with E-state index in [1.807, 2.05) is 0 Å². The molecule has 0 bridgehead atoms. The third kappa shape index (κ3) is 3.41. The fourth-order valence-electron chi connectivity index (χ4n) is 2.55. The van der Waals surface area contributed by atoms with Gasteiger partial charge < -0.3 is 4.74 Å². The van der Waals surface area contributed by atoms with Gasteiger partial charge in [0.05, 0.1) is 15.9 Å². The maximum atomic E-state index is 5.84. The van der Waals surface area contributed by atoms with Crippen molar-refractivity contribution in [3.8, 4) is 5.75 Å². The quantitative estimate of drug-likeness (QED) is 0.734. The molecular weight excluding hydrogens is 248 g/mol. The molecule has 0 saturated carbocycles. The van der Waals surface area contributed by atoms with Gasteiger partial charge in [0, 0.05) is 0 Å². The summed E-state index contributed by atoms with van der Waals surface area (Å²) >= 11 is 0. The zero-order valence-electron chi connectivity index (χ0n) is 14.1. The van der Waals surface area contributed by atoms with Crippen molar-refractivity contribution in [2.75, 3.05) is 7.11 Å². The van der Waals surface area contributed by atoms with Gasteiger partial charge in [0.2, 0.25) is 0 Å². The normalized spacial score (nSPS) is 12.9. The van der Waals surface area contributed by atoms with Gasteiger partial charge in [-0.05, 0) is 22.0 Å². The van der Waals surface area contributed by atoms with Crippen molar-refractivity contribution >= 4 is 14.0 Å². The molecule has 0 atom stereocenters. The molecule has 19 heavy (non-hydrogen) atoms. The Morgan fingerprint density at radius 2 is 1.42 bits per heavy atom. The number of benzene rings is 1. The lowest BCUT2D eigenvalue weighted by molar-refractivity contribution is 0.382. The van der Waals surface area contributed by atoms with E-state index in [2.05, 4.69) is 66.8 Å². The van der Waals surface area contributed by atoms with E-state index in [1.54, 1.807) is 7.11 Å². The lowest BCUT2D eigenvalue weighted by Crippen LogP contribution is -2.34. The molecule has 1 radical (unpaired) electrons. The van der Waals surface area contributed by atoms with Gasteiger partial charge in [-0.3, -0.25) is 0 Å². The molecular formula is C17H29OSi. The molecule has 1 rings (SSSR count). The summed E-state index contributed by atoms with van der Waals surface area (Å²) in [6.07, 6.45) is 0. The Bertz CT molecular complexity index is 448. The van der Waals surface area contributed by atoms with E-state index < -0.39 is 8.80 Å². The SMILES string of the molecule is COc1c(C(C)(C)C)ccc([Si](C)C)c1C(C)(C)C. The number of hydrogen-bond acceptors (Lipinski definition) is 1. The highest BCUT2D eigenvalue weighted by atomic mass is 28.3. The van der Waals surface area contributed by atoms with Crippen molar-refractivity contribution in [3.63, 3.8) is 0 Å². The van der Waals surface area contributed by atoms with Crippen LogP contribution in [0.2, 0.25) is 13.1 Å². The first kappa shape index (κ1) is 16.3. The van der Waals surface area contributed by atoms with Crippen molar-refractivity contribution in [1.82, 2.24) is 0 Å². The summed E-state index contributed by atoms with van der Waals surface area (Å²) in [6, 6.07) is 4.60. The van der Waals surface area contributed by atoms with E-state index >= 15 is 0 Å². The third-order valence-corrected chi connectivity index (χ3v) is 4.95. The number of ether oxygens (including phenoxy) is 1. The Morgan fingerprint density at radius 1 is 0.895 bits per heavy atom. The molecule has 0 N–H and O–H groups in total. The summed E-state index contributed by atoms with van der Waals surface area (Å²) in [4.78, 5) is 0. The molecule has 0 spiro atoms. The molecule has 0 aliphatic rings. The summed E-state index contributed by atoms with van der Waals surface area (Å²) in [6.45, 7) is 18.3. The zero-order chi connectivity index (χ0) is 15.0. The van der Waals surface area contributed by atoms with Crippen LogP contribution >= 0.6 is 0 Å². The minimum atomic E-state index is -0.498. The lowest BCUT2D eigenvalue weighted by Gasteiger charge is -2.32. The molecule has 0 aliphatic heterocycles. The average Bonchev–Trinajstić information content (AvgIpc) is 2.24. The molecule has 0 aromatic heterocycles. The van der Waals surface area contributed by atoms with Crippen LogP contribution in [-0.4, -0.2) is 15.9 Å². The maximum Gasteiger partial charge on any atom is 0.126 e. The second-order valence-corrected chi connectivity index (χ2v) is 10.1. The molecule has 1 aromatic rings. The van der Waals surface area contributed by atoms with E-state index in [-0.39, 0.29) is 10.8 Å². The van der Waals surface area contributed by atoms with Crippen LogP contribution in [0.1, 0.15) is 52.7 Å². The molecule has 0 aliphatic carbocycles. The van der Waals surface area contributed by atoms with Crippen LogP contribution in [0.5, 0.6) is 5.75 Å². The van der Waals surface area contributed by atoms with Gasteiger partial charge in [-0.2, -0.15) is 0 Å². The van der Waals surface area contributed by atoms with Crippen molar-refractivity contribution in [3.05, 3.63) is 23.3 Å². The van der Waals surface area contributed by atoms with Crippen LogP contribution in [0, 0.1) is 0 Å². The van der Waals surface area contributed by atoms with Crippen molar-refractivity contribution < 1.29 is 4.74 Å². The second-order valence-electron chi connectivity index (χ2n) is 7.57. The zero-order valence-corrected chi connectivity index (χ0v) is 15.1. The highest BCUT2D eigenvalue weighted by Gasteiger charge is 2.29. The summed E-state index contributed by atoms with van der Waals surface area (Å²) in [5, 5.41) is 1.50. The van der Waals surface area contributed by atoms with Crippen molar-refractivity contribution in [1.29, 1.82) is 0 Å². The third-order valence-electron chi connectivity index (χ3n) is 3.46. The monoisotopic (exact) mass is 277 g/mol. The van der Waals surface area contributed by atoms with Crippen molar-refractivity contribution in [2.24, 2.45) is 0 Å². The van der Waals surface area contributed by atoms with Gasteiger partial charge in [-0.15, -0.1) is 0 Å². The molecule has 2 heteroatoms. The van der Waals surface area contributed by atoms with E-state index in [4.69, 9.17) is 4.74 Å². The molecule has 0 heterocycles. The summed E-state index contributed by atoms with van der Waals surface area (Å²) in [7, 11) is 1.31. The first-order valence-electron chi connectivity index (χ1n) is 7.02. The Balaban J connectivity index is 3.70. The van der Waals surface area contributed by atoms with Crippen molar-refractivity contribution in [2.45, 2.75) is 65.5 Å². The van der Waals surface area contributed by atoms with E-state index in [1.165, 1.54) is 16.3 Å². The molecule has 0 saturated heterocycles. The maximum absolute atomic E-state index is 5.84. The summed E-state index contributed by atoms with van der Waals surface area (Å²) < 4.78 is 5.84. The van der Waals surface area contributed by atoms with Crippen LogP contribution in [0.25, 0.3) is 0 Å². The van der Waals surface area contributed by atoms with Gasteiger partial charge in [0.1, 0.15) is 5.75 Å². The van der Waals surface area contributed by atoms with Crippen LogP contribution in [-0.2, 0) is 10.8 Å². The van der Waals surface area contributed by atoms with Crippen LogP contribution < -0.4 is 9.92 Å². The minimum Gasteiger partial charge on any atom is -0.496 e. The van der Waals surface area contributed by atoms with Crippen LogP contribution in [0.15, 0.2) is 12.1 Å². The fourth-order valence-corrected chi connectivity index (χ4v) is 3.95. The standard InChI is InChI=1S/C17H29OSi/c1-16(2,3)12-10-11-13(19(8)9)14(15(12)18-7)17(4,5)6/h10-11H,1-9H3. The van der Waals surface area contributed by atoms with Crippen LogP contribution in [0.3, 0.4) is 0 Å².